The van der Waals surface area contributed by atoms with E-state index < -0.39 is 17.9 Å². The molecule has 0 radical (unpaired) electrons. The number of benzene rings is 1. The summed E-state index contributed by atoms with van der Waals surface area (Å²) in [5.74, 6) is 3.00. The Morgan fingerprint density at radius 2 is 1.97 bits per heavy atom. The maximum absolute atomic E-state index is 14.0. The summed E-state index contributed by atoms with van der Waals surface area (Å²) in [5, 5.41) is 21.3. The highest BCUT2D eigenvalue weighted by Crippen LogP contribution is 2.26. The Hall–Kier alpha value is -3.82. The van der Waals surface area contributed by atoms with Crippen LogP contribution in [0.1, 0.15) is 43.6 Å². The van der Waals surface area contributed by atoms with Gasteiger partial charge in [0.05, 0.1) is 11.6 Å². The van der Waals surface area contributed by atoms with E-state index in [1.807, 2.05) is 0 Å². The molecule has 0 saturated heterocycles. The van der Waals surface area contributed by atoms with Gasteiger partial charge in [0.25, 0.3) is 0 Å². The van der Waals surface area contributed by atoms with Crippen LogP contribution in [0.25, 0.3) is 16.9 Å². The first-order valence-corrected chi connectivity index (χ1v) is 10.3. The smallest absolute Gasteiger partial charge is 0.250 e. The second-order valence-corrected chi connectivity index (χ2v) is 8.10. The third kappa shape index (κ3) is 6.34. The van der Waals surface area contributed by atoms with E-state index in [1.54, 1.807) is 48.7 Å². The van der Waals surface area contributed by atoms with Crippen molar-refractivity contribution in [3.8, 4) is 23.6 Å². The molecule has 7 nitrogen and oxygen atoms in total. The van der Waals surface area contributed by atoms with E-state index in [4.69, 9.17) is 5.26 Å². The fourth-order valence-corrected chi connectivity index (χ4v) is 3.13. The zero-order valence-electron chi connectivity index (χ0n) is 18.3. The van der Waals surface area contributed by atoms with Crippen molar-refractivity contribution in [3.05, 3.63) is 53.5 Å². The number of aromatic nitrogens is 3. The minimum absolute atomic E-state index is 0.0887. The first-order valence-electron chi connectivity index (χ1n) is 10.3. The molecule has 0 spiro atoms. The highest BCUT2D eigenvalue weighted by molar-refractivity contribution is 5.76. The predicted octanol–water partition coefficient (Wildman–Crippen LogP) is 3.12. The van der Waals surface area contributed by atoms with Gasteiger partial charge in [-0.05, 0) is 62.1 Å². The van der Waals surface area contributed by atoms with Crippen LogP contribution in [0, 0.1) is 23.2 Å². The Balaban J connectivity index is 1.96. The molecule has 3 aromatic rings. The first-order chi connectivity index (χ1) is 15.6. The zero-order valence-corrected chi connectivity index (χ0v) is 18.3. The first kappa shape index (κ1) is 23.8. The molecule has 0 aliphatic carbocycles. The van der Waals surface area contributed by atoms with E-state index in [-0.39, 0.29) is 19.4 Å². The van der Waals surface area contributed by atoms with Crippen LogP contribution < -0.4 is 5.32 Å². The third-order valence-electron chi connectivity index (χ3n) is 4.79. The molecule has 0 atom stereocenters. The molecule has 170 valence electrons. The molecule has 0 bridgehead atoms. The molecule has 2 aromatic heterocycles. The minimum Gasteiger partial charge on any atom is -0.378 e. The molecule has 1 aromatic carbocycles. The third-order valence-corrected chi connectivity index (χ3v) is 4.79. The average molecular weight is 451 g/mol. The molecule has 0 unspecified atom stereocenters. The van der Waals surface area contributed by atoms with Crippen molar-refractivity contribution in [2.75, 3.05) is 6.54 Å². The number of alkyl halides is 2. The summed E-state index contributed by atoms with van der Waals surface area (Å²) in [7, 11) is 0. The van der Waals surface area contributed by atoms with Crippen LogP contribution >= 0.6 is 0 Å². The lowest BCUT2D eigenvalue weighted by Crippen LogP contribution is -2.24. The van der Waals surface area contributed by atoms with Crippen LogP contribution in [0.15, 0.2) is 36.5 Å². The predicted molar refractivity (Wildman–Crippen MR) is 119 cm³/mol. The number of rotatable bonds is 8. The van der Waals surface area contributed by atoms with Crippen molar-refractivity contribution < 1.29 is 18.7 Å². The van der Waals surface area contributed by atoms with Crippen molar-refractivity contribution in [1.82, 2.24) is 19.9 Å². The summed E-state index contributed by atoms with van der Waals surface area (Å²) < 4.78 is 29.8. The van der Waals surface area contributed by atoms with Gasteiger partial charge in [-0.25, -0.2) is 18.7 Å². The zero-order chi connectivity index (χ0) is 24.1. The van der Waals surface area contributed by atoms with Gasteiger partial charge in [-0.2, -0.15) is 5.26 Å². The number of carbonyl (C=O) groups excluding carboxylic acids is 1. The van der Waals surface area contributed by atoms with Gasteiger partial charge in [-0.15, -0.1) is 0 Å². The molecule has 33 heavy (non-hydrogen) atoms. The molecule has 0 aliphatic rings. The van der Waals surface area contributed by atoms with Gasteiger partial charge < -0.3 is 10.4 Å². The normalized spacial score (nSPS) is 11.5. The summed E-state index contributed by atoms with van der Waals surface area (Å²) in [4.78, 5) is 19.2. The van der Waals surface area contributed by atoms with Gasteiger partial charge in [0.1, 0.15) is 11.1 Å². The number of amides is 1. The Morgan fingerprint density at radius 1 is 1.24 bits per heavy atom. The summed E-state index contributed by atoms with van der Waals surface area (Å²) in [6.07, 6.45) is 1.19. The van der Waals surface area contributed by atoms with E-state index in [0.29, 0.717) is 40.2 Å². The minimum atomic E-state index is -2.92. The van der Waals surface area contributed by atoms with Gasteiger partial charge in [-0.3, -0.25) is 9.36 Å². The SMILES string of the molecule is CC(C)(O)C#Cc1nc2cc(CCC(F)(F)CCNC=O)cnc2n1-c1ccc(C#N)cc1. The molecule has 2 N–H and O–H groups in total. The number of carbonyl (C=O) groups is 1. The fraction of sp³-hybridized carbons (Fsp3) is 0.333. The summed E-state index contributed by atoms with van der Waals surface area (Å²) in [6.45, 7) is 3.01. The van der Waals surface area contributed by atoms with Gasteiger partial charge >= 0.3 is 0 Å². The standard InChI is InChI=1S/C24H23F2N5O2/c1-23(2,33)9-8-21-30-20-13-18(7-10-24(25,26)11-12-28-16-32)15-29-22(20)31(21)19-5-3-17(14-27)4-6-19/h3-6,13,15-16,33H,7,10-12H2,1-2H3,(H,28,32). The van der Waals surface area contributed by atoms with Crippen molar-refractivity contribution in [1.29, 1.82) is 5.26 Å². The number of aliphatic hydroxyl groups is 1. The Bertz CT molecular complexity index is 1240. The molecular formula is C24H23F2N5O2. The number of nitrogens with zero attached hydrogens (tertiary/aromatic N) is 4. The Morgan fingerprint density at radius 3 is 2.61 bits per heavy atom. The van der Waals surface area contributed by atoms with Crippen LogP contribution in [0.3, 0.4) is 0 Å². The van der Waals surface area contributed by atoms with Crippen molar-refractivity contribution >= 4 is 17.6 Å². The largest absolute Gasteiger partial charge is 0.378 e. The number of halogens is 2. The molecule has 0 saturated carbocycles. The lowest BCUT2D eigenvalue weighted by atomic mass is 10.1. The van der Waals surface area contributed by atoms with Crippen LogP contribution in [-0.2, 0) is 11.2 Å². The maximum atomic E-state index is 14.0. The van der Waals surface area contributed by atoms with Crippen molar-refractivity contribution in [2.24, 2.45) is 0 Å². The molecule has 3 rings (SSSR count). The molecule has 1 amide bonds. The number of aryl methyl sites for hydroxylation is 1. The molecule has 2 heterocycles. The summed E-state index contributed by atoms with van der Waals surface area (Å²) >= 11 is 0. The highest BCUT2D eigenvalue weighted by Gasteiger charge is 2.28. The fourth-order valence-electron chi connectivity index (χ4n) is 3.13. The topological polar surface area (TPSA) is 104 Å². The number of nitriles is 1. The van der Waals surface area contributed by atoms with Gasteiger partial charge in [0, 0.05) is 31.3 Å². The monoisotopic (exact) mass is 451 g/mol. The summed E-state index contributed by atoms with van der Waals surface area (Å²) in [6, 6.07) is 10.5. The van der Waals surface area contributed by atoms with Crippen molar-refractivity contribution in [2.45, 2.75) is 44.6 Å². The van der Waals surface area contributed by atoms with Gasteiger partial charge in [-0.1, -0.05) is 5.92 Å². The average Bonchev–Trinajstić information content (AvgIpc) is 3.14. The number of nitrogens with one attached hydrogen (secondary N) is 1. The Kier molecular flexibility index (Phi) is 7.05. The summed E-state index contributed by atoms with van der Waals surface area (Å²) in [5.41, 5.74) is 1.47. The number of pyridine rings is 1. The number of fused-ring (bicyclic) bond motifs is 1. The van der Waals surface area contributed by atoms with Crippen LogP contribution in [-0.4, -0.2) is 44.1 Å². The maximum Gasteiger partial charge on any atom is 0.250 e. The molecular weight excluding hydrogens is 428 g/mol. The number of hydrogen-bond acceptors (Lipinski definition) is 5. The van der Waals surface area contributed by atoms with E-state index >= 15 is 0 Å². The van der Waals surface area contributed by atoms with E-state index in [9.17, 15) is 18.7 Å². The Labute approximate surface area is 190 Å². The lowest BCUT2D eigenvalue weighted by Gasteiger charge is -2.15. The molecule has 0 aliphatic heterocycles. The number of hydrogen-bond donors (Lipinski definition) is 2. The van der Waals surface area contributed by atoms with Crippen LogP contribution in [0.2, 0.25) is 0 Å². The quantitative estimate of drug-likeness (QED) is 0.311. The second kappa shape index (κ2) is 9.76. The highest BCUT2D eigenvalue weighted by atomic mass is 19.3. The van der Waals surface area contributed by atoms with Gasteiger partial charge in [0.15, 0.2) is 11.5 Å². The van der Waals surface area contributed by atoms with Crippen LogP contribution in [0.4, 0.5) is 8.78 Å². The van der Waals surface area contributed by atoms with Crippen molar-refractivity contribution in [3.63, 3.8) is 0 Å². The molecule has 9 heteroatoms. The lowest BCUT2D eigenvalue weighted by molar-refractivity contribution is -0.109. The number of imidazole rings is 1. The second-order valence-electron chi connectivity index (χ2n) is 8.10. The van der Waals surface area contributed by atoms with Gasteiger partial charge in [0.2, 0.25) is 12.3 Å². The van der Waals surface area contributed by atoms with E-state index in [0.717, 1.165) is 0 Å². The van der Waals surface area contributed by atoms with E-state index in [2.05, 4.69) is 33.2 Å². The van der Waals surface area contributed by atoms with E-state index in [1.165, 1.54) is 6.20 Å². The van der Waals surface area contributed by atoms with Crippen LogP contribution in [0.5, 0.6) is 0 Å². The molecule has 0 fully saturated rings.